The molecule has 66 valence electrons. The van der Waals surface area contributed by atoms with Crippen molar-refractivity contribution in [2.75, 3.05) is 12.4 Å². The van der Waals surface area contributed by atoms with Crippen LogP contribution in [0.3, 0.4) is 0 Å². The topological polar surface area (TPSA) is 12.0 Å². The van der Waals surface area contributed by atoms with Crippen LogP contribution < -0.4 is 5.32 Å². The van der Waals surface area contributed by atoms with E-state index in [-0.39, 0.29) is 0 Å². The molecule has 13 heavy (non-hydrogen) atoms. The molecule has 2 aromatic carbocycles. The molecule has 0 fully saturated rings. The van der Waals surface area contributed by atoms with Gasteiger partial charge in [-0.15, -0.1) is 0 Å². The molecule has 0 aliphatic heterocycles. The maximum absolute atomic E-state index is 3.23. The van der Waals surface area contributed by atoms with E-state index in [0.29, 0.717) is 0 Å². The van der Waals surface area contributed by atoms with E-state index in [4.69, 9.17) is 0 Å². The lowest BCUT2D eigenvalue weighted by Crippen LogP contribution is -1.92. The zero-order chi connectivity index (χ0) is 9.26. The second-order valence-electron chi connectivity index (χ2n) is 2.89. The number of halogens is 1. The Kier molecular flexibility index (Phi) is 2.40. The van der Waals surface area contributed by atoms with E-state index in [2.05, 4.69) is 64.3 Å². The Balaban J connectivity index is 2.84. The van der Waals surface area contributed by atoms with Crippen LogP contribution in [0.2, 0.25) is 0 Å². The summed E-state index contributed by atoms with van der Waals surface area (Å²) in [5, 5.41) is 5.80. The van der Waals surface area contributed by atoms with Crippen LogP contribution in [-0.2, 0) is 0 Å². The fourth-order valence-electron chi connectivity index (χ4n) is 1.50. The van der Waals surface area contributed by atoms with Gasteiger partial charge < -0.3 is 5.32 Å². The molecule has 0 spiro atoms. The smallest absolute Gasteiger partial charge is 0.0552 e. The predicted octanol–water partition coefficient (Wildman–Crippen LogP) is 3.49. The standard InChI is InChI=1S/C11H10IN/c1-13-11-9-5-3-2-4-8(9)6-7-10(11)12/h2-7,13H,1H3. The Bertz CT molecular complexity index is 437. The summed E-state index contributed by atoms with van der Waals surface area (Å²) in [6.45, 7) is 0. The summed E-state index contributed by atoms with van der Waals surface area (Å²) in [5.41, 5.74) is 1.22. The van der Waals surface area contributed by atoms with Crippen LogP contribution in [0.5, 0.6) is 0 Å². The SMILES string of the molecule is CNc1c(I)ccc2ccccc12. The zero-order valence-corrected chi connectivity index (χ0v) is 9.50. The lowest BCUT2D eigenvalue weighted by molar-refractivity contribution is 1.52. The molecule has 0 saturated heterocycles. The van der Waals surface area contributed by atoms with Gasteiger partial charge in [-0.3, -0.25) is 0 Å². The number of rotatable bonds is 1. The molecule has 0 unspecified atom stereocenters. The van der Waals surface area contributed by atoms with Crippen molar-refractivity contribution < 1.29 is 0 Å². The van der Waals surface area contributed by atoms with Gasteiger partial charge in [0.25, 0.3) is 0 Å². The average molecular weight is 283 g/mol. The van der Waals surface area contributed by atoms with Gasteiger partial charge in [0, 0.05) is 16.0 Å². The first-order valence-electron chi connectivity index (χ1n) is 4.18. The van der Waals surface area contributed by atoms with Crippen LogP contribution in [0.4, 0.5) is 5.69 Å². The molecule has 0 radical (unpaired) electrons. The lowest BCUT2D eigenvalue weighted by atomic mass is 10.1. The van der Waals surface area contributed by atoms with E-state index >= 15 is 0 Å². The first-order chi connectivity index (χ1) is 6.33. The Morgan fingerprint density at radius 2 is 1.85 bits per heavy atom. The number of hydrogen-bond donors (Lipinski definition) is 1. The fourth-order valence-corrected chi connectivity index (χ4v) is 2.24. The quantitative estimate of drug-likeness (QED) is 0.790. The van der Waals surface area contributed by atoms with E-state index in [1.54, 1.807) is 0 Å². The minimum absolute atomic E-state index is 1.22. The summed E-state index contributed by atoms with van der Waals surface area (Å²) in [5.74, 6) is 0. The number of nitrogens with one attached hydrogen (secondary N) is 1. The van der Waals surface area contributed by atoms with Gasteiger partial charge in [-0.25, -0.2) is 0 Å². The molecule has 1 N–H and O–H groups in total. The van der Waals surface area contributed by atoms with Crippen molar-refractivity contribution in [1.82, 2.24) is 0 Å². The van der Waals surface area contributed by atoms with E-state index in [9.17, 15) is 0 Å². The highest BCUT2D eigenvalue weighted by molar-refractivity contribution is 14.1. The lowest BCUT2D eigenvalue weighted by Gasteiger charge is -2.07. The van der Waals surface area contributed by atoms with Gasteiger partial charge in [0.15, 0.2) is 0 Å². The maximum Gasteiger partial charge on any atom is 0.0552 e. The summed E-state index contributed by atoms with van der Waals surface area (Å²) in [4.78, 5) is 0. The highest BCUT2D eigenvalue weighted by Gasteiger charge is 2.01. The van der Waals surface area contributed by atoms with Gasteiger partial charge in [-0.05, 0) is 34.0 Å². The van der Waals surface area contributed by atoms with Crippen LogP contribution in [0.1, 0.15) is 0 Å². The molecule has 0 aliphatic rings. The van der Waals surface area contributed by atoms with Crippen LogP contribution in [0.15, 0.2) is 36.4 Å². The molecule has 0 heterocycles. The summed E-state index contributed by atoms with van der Waals surface area (Å²) in [6, 6.07) is 12.7. The predicted molar refractivity (Wildman–Crippen MR) is 66.2 cm³/mol. The van der Waals surface area contributed by atoms with Crippen LogP contribution in [0.25, 0.3) is 10.8 Å². The van der Waals surface area contributed by atoms with Crippen molar-refractivity contribution >= 4 is 39.1 Å². The van der Waals surface area contributed by atoms with Gasteiger partial charge >= 0.3 is 0 Å². The fraction of sp³-hybridized carbons (Fsp3) is 0.0909. The molecular weight excluding hydrogens is 273 g/mol. The van der Waals surface area contributed by atoms with Gasteiger partial charge in [0.1, 0.15) is 0 Å². The van der Waals surface area contributed by atoms with Crippen molar-refractivity contribution in [2.24, 2.45) is 0 Å². The summed E-state index contributed by atoms with van der Waals surface area (Å²) in [6.07, 6.45) is 0. The minimum Gasteiger partial charge on any atom is -0.387 e. The molecule has 2 heteroatoms. The molecule has 0 aliphatic carbocycles. The molecule has 2 rings (SSSR count). The third-order valence-corrected chi connectivity index (χ3v) is 3.03. The van der Waals surface area contributed by atoms with Crippen molar-refractivity contribution in [3.05, 3.63) is 40.0 Å². The monoisotopic (exact) mass is 283 g/mol. The molecule has 2 aromatic rings. The van der Waals surface area contributed by atoms with E-state index in [1.807, 2.05) is 7.05 Å². The van der Waals surface area contributed by atoms with E-state index in [1.165, 1.54) is 20.0 Å². The van der Waals surface area contributed by atoms with Gasteiger partial charge in [-0.2, -0.15) is 0 Å². The number of fused-ring (bicyclic) bond motifs is 1. The maximum atomic E-state index is 3.23. The number of anilines is 1. The number of benzene rings is 2. The van der Waals surface area contributed by atoms with Gasteiger partial charge in [-0.1, -0.05) is 30.3 Å². The van der Waals surface area contributed by atoms with Crippen LogP contribution in [-0.4, -0.2) is 7.05 Å². The first kappa shape index (κ1) is 8.81. The Morgan fingerprint density at radius 3 is 2.62 bits per heavy atom. The molecular formula is C11H10IN. The third-order valence-electron chi connectivity index (χ3n) is 2.13. The largest absolute Gasteiger partial charge is 0.387 e. The second-order valence-corrected chi connectivity index (χ2v) is 4.06. The van der Waals surface area contributed by atoms with E-state index in [0.717, 1.165) is 0 Å². The van der Waals surface area contributed by atoms with Gasteiger partial charge in [0.2, 0.25) is 0 Å². The zero-order valence-electron chi connectivity index (χ0n) is 7.34. The minimum atomic E-state index is 1.22. The molecule has 0 saturated carbocycles. The Labute approximate surface area is 91.3 Å². The summed E-state index contributed by atoms with van der Waals surface area (Å²) < 4.78 is 1.26. The Morgan fingerprint density at radius 1 is 1.08 bits per heavy atom. The molecule has 1 nitrogen and oxygen atoms in total. The molecule has 0 aromatic heterocycles. The first-order valence-corrected chi connectivity index (χ1v) is 5.26. The number of hydrogen-bond acceptors (Lipinski definition) is 1. The van der Waals surface area contributed by atoms with Gasteiger partial charge in [0.05, 0.1) is 5.69 Å². The van der Waals surface area contributed by atoms with Crippen molar-refractivity contribution in [1.29, 1.82) is 0 Å². The van der Waals surface area contributed by atoms with E-state index < -0.39 is 0 Å². The molecule has 0 bridgehead atoms. The van der Waals surface area contributed by atoms with Crippen molar-refractivity contribution in [3.63, 3.8) is 0 Å². The third kappa shape index (κ3) is 1.50. The normalized spacial score (nSPS) is 10.3. The average Bonchev–Trinajstić information content (AvgIpc) is 2.18. The summed E-state index contributed by atoms with van der Waals surface area (Å²) in [7, 11) is 1.96. The van der Waals surface area contributed by atoms with Crippen LogP contribution in [0, 0.1) is 3.57 Å². The molecule has 0 amide bonds. The second kappa shape index (κ2) is 3.54. The highest BCUT2D eigenvalue weighted by Crippen LogP contribution is 2.27. The van der Waals surface area contributed by atoms with Crippen LogP contribution >= 0.6 is 22.6 Å². The van der Waals surface area contributed by atoms with Crippen molar-refractivity contribution in [3.8, 4) is 0 Å². The molecule has 0 atom stereocenters. The Hall–Kier alpha value is -0.770. The summed E-state index contributed by atoms with van der Waals surface area (Å²) >= 11 is 2.35. The highest BCUT2D eigenvalue weighted by atomic mass is 127. The van der Waals surface area contributed by atoms with Crippen molar-refractivity contribution in [2.45, 2.75) is 0 Å².